The summed E-state index contributed by atoms with van der Waals surface area (Å²) in [7, 11) is 0. The van der Waals surface area contributed by atoms with Gasteiger partial charge in [0.15, 0.2) is 0 Å². The third-order valence-corrected chi connectivity index (χ3v) is 2.75. The topological polar surface area (TPSA) is 34.1 Å². The predicted octanol–water partition coefficient (Wildman–Crippen LogP) is 3.55. The molecule has 1 aromatic heterocycles. The summed E-state index contributed by atoms with van der Waals surface area (Å²) >= 11 is 14.6. The van der Waals surface area contributed by atoms with Crippen LogP contribution in [0.2, 0.25) is 5.02 Å². The van der Waals surface area contributed by atoms with Crippen LogP contribution in [0.1, 0.15) is 6.42 Å². The largest absolute Gasteiger partial charge is 0.380 e. The van der Waals surface area contributed by atoms with Crippen LogP contribution in [-0.2, 0) is 4.74 Å². The molecule has 0 unspecified atom stereocenters. The number of rotatable bonds is 7. The first-order valence-electron chi connectivity index (χ1n) is 4.92. The van der Waals surface area contributed by atoms with Crippen LogP contribution >= 0.6 is 39.1 Å². The second-order valence-electron chi connectivity index (χ2n) is 3.07. The number of nitrogens with one attached hydrogen (secondary N) is 1. The summed E-state index contributed by atoms with van der Waals surface area (Å²) in [6.45, 7) is 2.10. The smallest absolute Gasteiger partial charge is 0.140 e. The van der Waals surface area contributed by atoms with Gasteiger partial charge < -0.3 is 10.1 Å². The maximum atomic E-state index is 5.78. The predicted molar refractivity (Wildman–Crippen MR) is 71.6 cm³/mol. The molecule has 1 heterocycles. The normalized spacial score (nSPS) is 10.4. The van der Waals surface area contributed by atoms with Gasteiger partial charge in [0.05, 0.1) is 16.1 Å². The van der Waals surface area contributed by atoms with Gasteiger partial charge in [-0.25, -0.2) is 4.98 Å². The number of alkyl halides is 1. The van der Waals surface area contributed by atoms with E-state index in [2.05, 4.69) is 26.2 Å². The number of nitrogens with zero attached hydrogens (tertiary/aromatic N) is 1. The summed E-state index contributed by atoms with van der Waals surface area (Å²) in [6.07, 6.45) is 2.52. The van der Waals surface area contributed by atoms with Crippen molar-refractivity contribution in [2.45, 2.75) is 6.42 Å². The molecule has 0 atom stereocenters. The summed E-state index contributed by atoms with van der Waals surface area (Å²) in [5.74, 6) is 1.33. The molecule has 0 aliphatic carbocycles. The van der Waals surface area contributed by atoms with E-state index >= 15 is 0 Å². The molecule has 16 heavy (non-hydrogen) atoms. The molecule has 0 aliphatic heterocycles. The standard InChI is InChI=1S/C10H13BrCl2N2O/c11-9-6-8(13)7-15-10(9)14-3-1-4-16-5-2-12/h6-7H,1-5H2,(H,14,15). The Morgan fingerprint density at radius 1 is 1.44 bits per heavy atom. The van der Waals surface area contributed by atoms with E-state index in [4.69, 9.17) is 27.9 Å². The van der Waals surface area contributed by atoms with Gasteiger partial charge >= 0.3 is 0 Å². The summed E-state index contributed by atoms with van der Waals surface area (Å²) in [5, 5.41) is 3.80. The zero-order chi connectivity index (χ0) is 11.8. The number of pyridine rings is 1. The average molecular weight is 328 g/mol. The van der Waals surface area contributed by atoms with Crippen molar-refractivity contribution >= 4 is 44.9 Å². The number of halogens is 3. The van der Waals surface area contributed by atoms with Crippen LogP contribution in [0.25, 0.3) is 0 Å². The van der Waals surface area contributed by atoms with Crippen LogP contribution in [0.15, 0.2) is 16.7 Å². The second kappa shape index (κ2) is 8.12. The first-order valence-corrected chi connectivity index (χ1v) is 6.63. The fraction of sp³-hybridized carbons (Fsp3) is 0.500. The quantitative estimate of drug-likeness (QED) is 0.614. The van der Waals surface area contributed by atoms with Crippen LogP contribution in [0, 0.1) is 0 Å². The number of anilines is 1. The number of aromatic nitrogens is 1. The molecule has 0 saturated heterocycles. The minimum absolute atomic E-state index is 0.539. The third kappa shape index (κ3) is 5.34. The number of ether oxygens (including phenoxy) is 1. The van der Waals surface area contributed by atoms with E-state index in [-0.39, 0.29) is 0 Å². The van der Waals surface area contributed by atoms with Gasteiger partial charge in [0.1, 0.15) is 5.82 Å². The first kappa shape index (κ1) is 14.0. The molecular formula is C10H13BrCl2N2O. The minimum Gasteiger partial charge on any atom is -0.380 e. The van der Waals surface area contributed by atoms with Gasteiger partial charge in [0, 0.05) is 25.2 Å². The van der Waals surface area contributed by atoms with Crippen LogP contribution < -0.4 is 5.32 Å². The molecule has 1 aromatic rings. The minimum atomic E-state index is 0.539. The van der Waals surface area contributed by atoms with E-state index in [9.17, 15) is 0 Å². The van der Waals surface area contributed by atoms with Crippen molar-refractivity contribution in [2.75, 3.05) is 31.0 Å². The summed E-state index contributed by atoms with van der Waals surface area (Å²) < 4.78 is 6.11. The Morgan fingerprint density at radius 3 is 2.94 bits per heavy atom. The lowest BCUT2D eigenvalue weighted by molar-refractivity contribution is 0.149. The van der Waals surface area contributed by atoms with Crippen molar-refractivity contribution in [1.29, 1.82) is 0 Å². The van der Waals surface area contributed by atoms with Gasteiger partial charge in [-0.15, -0.1) is 11.6 Å². The van der Waals surface area contributed by atoms with Crippen molar-refractivity contribution in [3.8, 4) is 0 Å². The van der Waals surface area contributed by atoms with E-state index < -0.39 is 0 Å². The summed E-state index contributed by atoms with van der Waals surface area (Å²) in [6, 6.07) is 1.81. The highest BCUT2D eigenvalue weighted by Gasteiger charge is 2.00. The Hall–Kier alpha value is -0.0300. The molecule has 0 radical (unpaired) electrons. The molecule has 0 aromatic carbocycles. The molecule has 0 aliphatic rings. The van der Waals surface area contributed by atoms with Gasteiger partial charge in [0.2, 0.25) is 0 Å². The first-order chi connectivity index (χ1) is 7.74. The zero-order valence-corrected chi connectivity index (χ0v) is 11.8. The highest BCUT2D eigenvalue weighted by atomic mass is 79.9. The van der Waals surface area contributed by atoms with Crippen molar-refractivity contribution in [2.24, 2.45) is 0 Å². The van der Waals surface area contributed by atoms with Gasteiger partial charge in [-0.1, -0.05) is 11.6 Å². The van der Waals surface area contributed by atoms with Gasteiger partial charge in [-0.2, -0.15) is 0 Å². The average Bonchev–Trinajstić information content (AvgIpc) is 2.26. The molecule has 90 valence electrons. The van der Waals surface area contributed by atoms with E-state index in [0.717, 1.165) is 23.3 Å². The third-order valence-electron chi connectivity index (χ3n) is 1.79. The molecule has 1 rings (SSSR count). The van der Waals surface area contributed by atoms with Crippen LogP contribution in [0.4, 0.5) is 5.82 Å². The molecule has 0 fully saturated rings. The zero-order valence-electron chi connectivity index (χ0n) is 8.68. The van der Waals surface area contributed by atoms with Crippen molar-refractivity contribution in [1.82, 2.24) is 4.98 Å². The Balaban J connectivity index is 2.21. The lowest BCUT2D eigenvalue weighted by Gasteiger charge is -2.07. The molecule has 0 saturated carbocycles. The van der Waals surface area contributed by atoms with E-state index in [1.165, 1.54) is 0 Å². The van der Waals surface area contributed by atoms with Crippen LogP contribution in [0.5, 0.6) is 0 Å². The highest BCUT2D eigenvalue weighted by Crippen LogP contribution is 2.22. The molecule has 3 nitrogen and oxygen atoms in total. The van der Waals surface area contributed by atoms with Crippen LogP contribution in [0.3, 0.4) is 0 Å². The SMILES string of the molecule is ClCCOCCCNc1ncc(Cl)cc1Br. The maximum absolute atomic E-state index is 5.78. The monoisotopic (exact) mass is 326 g/mol. The lowest BCUT2D eigenvalue weighted by Crippen LogP contribution is -2.08. The van der Waals surface area contributed by atoms with Crippen molar-refractivity contribution in [3.63, 3.8) is 0 Å². The van der Waals surface area contributed by atoms with Gasteiger partial charge in [-0.3, -0.25) is 0 Å². The maximum Gasteiger partial charge on any atom is 0.140 e. The Bertz CT molecular complexity index is 326. The number of hydrogen-bond donors (Lipinski definition) is 1. The molecule has 6 heteroatoms. The lowest BCUT2D eigenvalue weighted by atomic mass is 10.4. The number of hydrogen-bond acceptors (Lipinski definition) is 3. The van der Waals surface area contributed by atoms with E-state index in [1.54, 1.807) is 12.3 Å². The van der Waals surface area contributed by atoms with E-state index in [1.807, 2.05) is 0 Å². The van der Waals surface area contributed by atoms with Gasteiger partial charge in [0.25, 0.3) is 0 Å². The van der Waals surface area contributed by atoms with Gasteiger partial charge in [-0.05, 0) is 28.4 Å². The summed E-state index contributed by atoms with van der Waals surface area (Å²) in [4.78, 5) is 4.16. The van der Waals surface area contributed by atoms with E-state index in [0.29, 0.717) is 24.1 Å². The highest BCUT2D eigenvalue weighted by molar-refractivity contribution is 9.10. The molecule has 0 spiro atoms. The molecule has 0 bridgehead atoms. The fourth-order valence-electron chi connectivity index (χ4n) is 1.08. The molecular weight excluding hydrogens is 315 g/mol. The summed E-state index contributed by atoms with van der Waals surface area (Å²) in [5.41, 5.74) is 0. The Morgan fingerprint density at radius 2 is 2.25 bits per heavy atom. The molecule has 1 N–H and O–H groups in total. The Labute approximate surface area is 114 Å². The van der Waals surface area contributed by atoms with Crippen molar-refractivity contribution < 1.29 is 4.74 Å². The second-order valence-corrected chi connectivity index (χ2v) is 4.73. The van der Waals surface area contributed by atoms with Crippen LogP contribution in [-0.4, -0.2) is 30.6 Å². The Kier molecular flexibility index (Phi) is 7.12. The van der Waals surface area contributed by atoms with Crippen molar-refractivity contribution in [3.05, 3.63) is 21.8 Å². The fourth-order valence-corrected chi connectivity index (χ4v) is 1.97. The molecule has 0 amide bonds.